The van der Waals surface area contributed by atoms with Crippen LogP contribution >= 0.6 is 0 Å². The van der Waals surface area contributed by atoms with Crippen molar-refractivity contribution in [3.63, 3.8) is 0 Å². The van der Waals surface area contributed by atoms with Gasteiger partial charge in [-0.2, -0.15) is 4.79 Å². The number of morpholine rings is 1. The molecule has 3 aromatic rings. The predicted molar refractivity (Wildman–Crippen MR) is 155 cm³/mol. The molecule has 0 spiro atoms. The summed E-state index contributed by atoms with van der Waals surface area (Å²) in [6, 6.07) is 16.8. The van der Waals surface area contributed by atoms with Gasteiger partial charge in [-0.05, 0) is 63.2 Å². The van der Waals surface area contributed by atoms with E-state index in [1.54, 1.807) is 6.20 Å². The topological polar surface area (TPSA) is 117 Å². The fourth-order valence-electron chi connectivity index (χ4n) is 5.80. The number of aromatic nitrogens is 2. The number of likely N-dealkylation sites (tertiary alicyclic amines) is 1. The molecule has 1 aromatic heterocycles. The number of nitrogens with zero attached hydrogens (tertiary/aromatic N) is 4. The van der Waals surface area contributed by atoms with Gasteiger partial charge in [0.1, 0.15) is 5.54 Å². The molecule has 2 aliphatic rings. The number of amides is 2. The second-order valence-corrected chi connectivity index (χ2v) is 11.3. The van der Waals surface area contributed by atoms with Gasteiger partial charge in [0.05, 0.1) is 25.5 Å². The number of benzene rings is 2. The van der Waals surface area contributed by atoms with E-state index < -0.39 is 17.7 Å². The molecule has 210 valence electrons. The number of nitrogens with one attached hydrogen (secondary N) is 2. The van der Waals surface area contributed by atoms with Crippen LogP contribution in [-0.2, 0) is 9.53 Å². The SMILES string of the molecule is CC(C)(C)[N+]1(C(=O)O)CCC[C@@H]1C(=O)Nc1ccc(-c2ccnc(Nc3ccc(N4CCOCC4)cc3)n2)cc1. The van der Waals surface area contributed by atoms with Gasteiger partial charge in [-0.25, -0.2) is 14.5 Å². The van der Waals surface area contributed by atoms with E-state index in [0.29, 0.717) is 31.0 Å². The maximum absolute atomic E-state index is 13.2. The molecular weight excluding hydrogens is 508 g/mol. The third-order valence-corrected chi connectivity index (χ3v) is 7.96. The highest BCUT2D eigenvalue weighted by Gasteiger charge is 2.59. The van der Waals surface area contributed by atoms with Crippen LogP contribution < -0.4 is 15.5 Å². The molecule has 0 radical (unpaired) electrons. The summed E-state index contributed by atoms with van der Waals surface area (Å²) in [6.07, 6.45) is 1.99. The number of carboxylic acid groups (broad SMARTS) is 1. The standard InChI is InChI=1S/C30H36N6O4/c1-30(2,3)36(29(38)39)18-4-5-26(36)27(37)32-22-8-6-21(7-9-22)25-14-15-31-28(34-25)33-23-10-12-24(13-11-23)35-16-19-40-20-17-35/h6-15,26H,4-5,16-20H2,1-3H3,(H2-,31,32,33,34,37,38,39)/p+1/t26-,36?/m1/s1. The fourth-order valence-corrected chi connectivity index (χ4v) is 5.80. The van der Waals surface area contributed by atoms with Gasteiger partial charge in [-0.15, -0.1) is 0 Å². The van der Waals surface area contributed by atoms with E-state index in [1.807, 2.05) is 63.2 Å². The molecule has 10 nitrogen and oxygen atoms in total. The second kappa shape index (κ2) is 11.2. The monoisotopic (exact) mass is 545 g/mol. The number of ether oxygens (including phenoxy) is 1. The Bertz CT molecular complexity index is 1350. The molecule has 10 heteroatoms. The highest BCUT2D eigenvalue weighted by atomic mass is 16.5. The quantitative estimate of drug-likeness (QED) is 0.366. The Balaban J connectivity index is 1.25. The Morgan fingerprint density at radius 2 is 1.68 bits per heavy atom. The molecule has 0 saturated carbocycles. The lowest BCUT2D eigenvalue weighted by Gasteiger charge is -2.43. The summed E-state index contributed by atoms with van der Waals surface area (Å²) in [4.78, 5) is 36.9. The van der Waals surface area contributed by atoms with Gasteiger partial charge < -0.3 is 25.4 Å². The van der Waals surface area contributed by atoms with Crippen molar-refractivity contribution in [2.45, 2.75) is 45.2 Å². The number of carbonyl (C=O) groups is 2. The third kappa shape index (κ3) is 5.50. The molecule has 2 aromatic carbocycles. The molecule has 2 saturated heterocycles. The van der Waals surface area contributed by atoms with E-state index in [9.17, 15) is 14.7 Å². The van der Waals surface area contributed by atoms with Crippen molar-refractivity contribution in [3.05, 3.63) is 60.8 Å². The Hall–Kier alpha value is -4.02. The summed E-state index contributed by atoms with van der Waals surface area (Å²) in [5.41, 5.74) is 3.69. The number of hydrogen-bond donors (Lipinski definition) is 3. The second-order valence-electron chi connectivity index (χ2n) is 11.3. The number of rotatable bonds is 6. The fraction of sp³-hybridized carbons (Fsp3) is 0.400. The minimum atomic E-state index is -0.957. The van der Waals surface area contributed by atoms with E-state index in [2.05, 4.69) is 37.6 Å². The number of quaternary nitrogens is 1. The maximum atomic E-state index is 13.2. The molecule has 3 N–H and O–H groups in total. The molecule has 0 aliphatic carbocycles. The van der Waals surface area contributed by atoms with Crippen molar-refractivity contribution < 1.29 is 23.9 Å². The normalized spacial score (nSPS) is 21.2. The molecular formula is C30H37N6O4+. The summed E-state index contributed by atoms with van der Waals surface area (Å²) in [5.74, 6) is 0.218. The molecule has 2 aliphatic heterocycles. The zero-order valence-electron chi connectivity index (χ0n) is 23.3. The van der Waals surface area contributed by atoms with E-state index in [4.69, 9.17) is 4.74 Å². The van der Waals surface area contributed by atoms with E-state index in [1.165, 1.54) is 0 Å². The lowest BCUT2D eigenvalue weighted by Crippen LogP contribution is -2.68. The molecule has 5 rings (SSSR count). The Morgan fingerprint density at radius 1 is 1.00 bits per heavy atom. The predicted octanol–water partition coefficient (Wildman–Crippen LogP) is 5.12. The van der Waals surface area contributed by atoms with Crippen LogP contribution in [0.5, 0.6) is 0 Å². The lowest BCUT2D eigenvalue weighted by atomic mass is 9.99. The first-order valence-corrected chi connectivity index (χ1v) is 13.7. The summed E-state index contributed by atoms with van der Waals surface area (Å²) in [6.45, 7) is 9.36. The van der Waals surface area contributed by atoms with Crippen LogP contribution in [0.15, 0.2) is 60.8 Å². The van der Waals surface area contributed by atoms with Gasteiger partial charge in [0, 0.05) is 54.8 Å². The average Bonchev–Trinajstić information content (AvgIpc) is 3.42. The van der Waals surface area contributed by atoms with Gasteiger partial charge in [-0.1, -0.05) is 12.1 Å². The molecule has 40 heavy (non-hydrogen) atoms. The smallest absolute Gasteiger partial charge is 0.435 e. The van der Waals surface area contributed by atoms with Gasteiger partial charge in [0.25, 0.3) is 5.91 Å². The van der Waals surface area contributed by atoms with Crippen molar-refractivity contribution >= 4 is 35.0 Å². The summed E-state index contributed by atoms with van der Waals surface area (Å²) in [5, 5.41) is 16.3. The van der Waals surface area contributed by atoms with Gasteiger partial charge in [0.2, 0.25) is 5.95 Å². The largest absolute Gasteiger partial charge is 0.514 e. The van der Waals surface area contributed by atoms with Crippen molar-refractivity contribution in [2.75, 3.05) is 48.4 Å². The van der Waals surface area contributed by atoms with E-state index >= 15 is 0 Å². The molecule has 2 atom stereocenters. The molecule has 0 bridgehead atoms. The Labute approximate surface area is 234 Å². The number of hydrogen-bond acceptors (Lipinski definition) is 7. The lowest BCUT2D eigenvalue weighted by molar-refractivity contribution is -0.906. The molecule has 1 unspecified atom stereocenters. The van der Waals surface area contributed by atoms with Crippen LogP contribution in [0.25, 0.3) is 11.3 Å². The van der Waals surface area contributed by atoms with Crippen LogP contribution in [-0.4, -0.2) is 76.0 Å². The maximum Gasteiger partial charge on any atom is 0.514 e. The summed E-state index contributed by atoms with van der Waals surface area (Å²) in [7, 11) is 0. The van der Waals surface area contributed by atoms with Gasteiger partial charge in [0.15, 0.2) is 6.04 Å². The minimum absolute atomic E-state index is 0.260. The van der Waals surface area contributed by atoms with E-state index in [0.717, 1.165) is 48.9 Å². The van der Waals surface area contributed by atoms with Crippen molar-refractivity contribution in [3.8, 4) is 11.3 Å². The highest BCUT2D eigenvalue weighted by molar-refractivity contribution is 5.95. The van der Waals surface area contributed by atoms with Gasteiger partial charge in [-0.3, -0.25) is 4.79 Å². The summed E-state index contributed by atoms with van der Waals surface area (Å²) >= 11 is 0. The molecule has 2 amide bonds. The Kier molecular flexibility index (Phi) is 7.73. The van der Waals surface area contributed by atoms with Crippen LogP contribution in [0.3, 0.4) is 0 Å². The average molecular weight is 546 g/mol. The van der Waals surface area contributed by atoms with Crippen LogP contribution in [0.2, 0.25) is 0 Å². The zero-order chi connectivity index (χ0) is 28.3. The first-order valence-electron chi connectivity index (χ1n) is 13.7. The first-order chi connectivity index (χ1) is 19.2. The van der Waals surface area contributed by atoms with Gasteiger partial charge >= 0.3 is 6.09 Å². The van der Waals surface area contributed by atoms with E-state index in [-0.39, 0.29) is 10.4 Å². The Morgan fingerprint density at radius 3 is 2.33 bits per heavy atom. The zero-order valence-corrected chi connectivity index (χ0v) is 23.3. The molecule has 2 fully saturated rings. The number of anilines is 4. The molecule has 3 heterocycles. The summed E-state index contributed by atoms with van der Waals surface area (Å²) < 4.78 is 5.17. The minimum Gasteiger partial charge on any atom is -0.435 e. The highest BCUT2D eigenvalue weighted by Crippen LogP contribution is 2.37. The first kappa shape index (κ1) is 27.5. The van der Waals surface area contributed by atoms with Crippen LogP contribution in [0, 0.1) is 0 Å². The number of carbonyl (C=O) groups excluding carboxylic acids is 1. The van der Waals surface area contributed by atoms with Crippen LogP contribution in [0.1, 0.15) is 33.6 Å². The van der Waals surface area contributed by atoms with Crippen molar-refractivity contribution in [1.29, 1.82) is 0 Å². The third-order valence-electron chi connectivity index (χ3n) is 7.96. The van der Waals surface area contributed by atoms with Crippen molar-refractivity contribution in [2.24, 2.45) is 0 Å². The van der Waals surface area contributed by atoms with Crippen molar-refractivity contribution in [1.82, 2.24) is 9.97 Å². The van der Waals surface area contributed by atoms with Crippen LogP contribution in [0.4, 0.5) is 27.8 Å².